The quantitative estimate of drug-likeness (QED) is 0.603. The molecule has 0 saturated heterocycles. The SMILES string of the molecule is COc1ccc(Cl)cc1C(=O)NCN(CCO)CCO. The number of aliphatic hydroxyl groups excluding tert-OH is 2. The van der Waals surface area contributed by atoms with Crippen LogP contribution in [-0.2, 0) is 0 Å². The third-order valence-corrected chi connectivity index (χ3v) is 2.94. The van der Waals surface area contributed by atoms with Gasteiger partial charge in [0.25, 0.3) is 5.91 Å². The van der Waals surface area contributed by atoms with E-state index in [1.807, 2.05) is 0 Å². The maximum absolute atomic E-state index is 12.1. The van der Waals surface area contributed by atoms with E-state index in [2.05, 4.69) is 5.32 Å². The first-order valence-corrected chi connectivity index (χ1v) is 6.56. The van der Waals surface area contributed by atoms with Gasteiger partial charge >= 0.3 is 0 Å². The molecular weight excluding hydrogens is 284 g/mol. The number of nitrogens with one attached hydrogen (secondary N) is 1. The average molecular weight is 303 g/mol. The third-order valence-electron chi connectivity index (χ3n) is 2.70. The molecule has 6 nitrogen and oxygen atoms in total. The van der Waals surface area contributed by atoms with Crippen LogP contribution in [0, 0.1) is 0 Å². The van der Waals surface area contributed by atoms with E-state index in [9.17, 15) is 4.79 Å². The van der Waals surface area contributed by atoms with Gasteiger partial charge in [0.05, 0.1) is 32.6 Å². The Hall–Kier alpha value is -1.34. The third kappa shape index (κ3) is 4.97. The number of nitrogens with zero attached hydrogens (tertiary/aromatic N) is 1. The molecule has 0 radical (unpaired) electrons. The lowest BCUT2D eigenvalue weighted by Gasteiger charge is -2.20. The van der Waals surface area contributed by atoms with E-state index in [1.54, 1.807) is 17.0 Å². The molecule has 0 heterocycles. The van der Waals surface area contributed by atoms with E-state index < -0.39 is 0 Å². The van der Waals surface area contributed by atoms with Crippen molar-refractivity contribution in [3.63, 3.8) is 0 Å². The van der Waals surface area contributed by atoms with Crippen LogP contribution in [0.25, 0.3) is 0 Å². The summed E-state index contributed by atoms with van der Waals surface area (Å²) in [7, 11) is 1.48. The molecule has 0 aromatic heterocycles. The number of methoxy groups -OCH3 is 1. The minimum atomic E-state index is -0.328. The fourth-order valence-electron chi connectivity index (χ4n) is 1.69. The fourth-order valence-corrected chi connectivity index (χ4v) is 1.86. The Morgan fingerprint density at radius 3 is 2.55 bits per heavy atom. The van der Waals surface area contributed by atoms with Crippen LogP contribution in [-0.4, -0.2) is 61.1 Å². The summed E-state index contributed by atoms with van der Waals surface area (Å²) in [6.07, 6.45) is 0. The monoisotopic (exact) mass is 302 g/mol. The molecule has 1 amide bonds. The highest BCUT2D eigenvalue weighted by Gasteiger charge is 2.13. The summed E-state index contributed by atoms with van der Waals surface area (Å²) in [5.74, 6) is 0.105. The Labute approximate surface area is 122 Å². The molecule has 1 aromatic carbocycles. The molecule has 0 fully saturated rings. The number of halogens is 1. The second-order valence-corrected chi connectivity index (χ2v) is 4.51. The first-order chi connectivity index (χ1) is 9.62. The molecule has 0 aliphatic rings. The van der Waals surface area contributed by atoms with Crippen molar-refractivity contribution in [2.24, 2.45) is 0 Å². The van der Waals surface area contributed by atoms with Crippen molar-refractivity contribution in [3.8, 4) is 5.75 Å². The number of hydrogen-bond donors (Lipinski definition) is 3. The van der Waals surface area contributed by atoms with Gasteiger partial charge < -0.3 is 20.3 Å². The lowest BCUT2D eigenvalue weighted by molar-refractivity contribution is 0.0895. The van der Waals surface area contributed by atoms with Crippen LogP contribution < -0.4 is 10.1 Å². The topological polar surface area (TPSA) is 82.0 Å². The molecule has 1 rings (SSSR count). The van der Waals surface area contributed by atoms with Crippen LogP contribution in [0.3, 0.4) is 0 Å². The van der Waals surface area contributed by atoms with Gasteiger partial charge in [0.1, 0.15) is 5.75 Å². The normalized spacial score (nSPS) is 10.7. The van der Waals surface area contributed by atoms with Crippen LogP contribution in [0.2, 0.25) is 5.02 Å². The summed E-state index contributed by atoms with van der Waals surface area (Å²) in [4.78, 5) is 13.8. The molecule has 7 heteroatoms. The zero-order valence-corrected chi connectivity index (χ0v) is 12.1. The predicted molar refractivity (Wildman–Crippen MR) is 76.1 cm³/mol. The first kappa shape index (κ1) is 16.7. The lowest BCUT2D eigenvalue weighted by Crippen LogP contribution is -2.40. The zero-order chi connectivity index (χ0) is 15.0. The fraction of sp³-hybridized carbons (Fsp3) is 0.462. The highest BCUT2D eigenvalue weighted by Crippen LogP contribution is 2.22. The lowest BCUT2D eigenvalue weighted by atomic mass is 10.2. The zero-order valence-electron chi connectivity index (χ0n) is 11.3. The number of benzene rings is 1. The smallest absolute Gasteiger partial charge is 0.256 e. The maximum Gasteiger partial charge on any atom is 0.256 e. The van der Waals surface area contributed by atoms with Crippen molar-refractivity contribution in [1.29, 1.82) is 0 Å². The second kappa shape index (κ2) is 8.76. The molecule has 20 heavy (non-hydrogen) atoms. The minimum absolute atomic E-state index is 0.0453. The van der Waals surface area contributed by atoms with Crippen molar-refractivity contribution in [1.82, 2.24) is 10.2 Å². The van der Waals surface area contributed by atoms with Gasteiger partial charge in [-0.15, -0.1) is 0 Å². The van der Waals surface area contributed by atoms with Crippen molar-refractivity contribution in [3.05, 3.63) is 28.8 Å². The highest BCUT2D eigenvalue weighted by atomic mass is 35.5. The summed E-state index contributed by atoms with van der Waals surface area (Å²) in [5.41, 5.74) is 0.341. The summed E-state index contributed by atoms with van der Waals surface area (Å²) < 4.78 is 5.11. The molecule has 112 valence electrons. The Kier molecular flexibility index (Phi) is 7.32. The van der Waals surface area contributed by atoms with Gasteiger partial charge in [0, 0.05) is 18.1 Å². The number of rotatable bonds is 8. The van der Waals surface area contributed by atoms with Crippen molar-refractivity contribution < 1.29 is 19.7 Å². The minimum Gasteiger partial charge on any atom is -0.496 e. The number of carbonyl (C=O) groups is 1. The standard InChI is InChI=1S/C13H19ClN2O4/c1-20-12-3-2-10(14)8-11(12)13(19)15-9-16(4-6-17)5-7-18/h2-3,8,17-18H,4-7,9H2,1H3,(H,15,19). The first-order valence-electron chi connectivity index (χ1n) is 6.18. The molecule has 0 aliphatic heterocycles. The van der Waals surface area contributed by atoms with Crippen LogP contribution in [0.5, 0.6) is 5.75 Å². The van der Waals surface area contributed by atoms with Crippen LogP contribution >= 0.6 is 11.6 Å². The van der Waals surface area contributed by atoms with E-state index in [0.29, 0.717) is 29.4 Å². The molecule has 0 aliphatic carbocycles. The van der Waals surface area contributed by atoms with Gasteiger partial charge in [-0.25, -0.2) is 0 Å². The molecular formula is C13H19ClN2O4. The van der Waals surface area contributed by atoms with Gasteiger partial charge in [-0.05, 0) is 18.2 Å². The number of hydrogen-bond acceptors (Lipinski definition) is 5. The van der Waals surface area contributed by atoms with Gasteiger partial charge in [0.15, 0.2) is 0 Å². The average Bonchev–Trinajstić information content (AvgIpc) is 2.45. The summed E-state index contributed by atoms with van der Waals surface area (Å²) in [6.45, 7) is 0.864. The second-order valence-electron chi connectivity index (χ2n) is 4.07. The van der Waals surface area contributed by atoms with Gasteiger partial charge in [-0.2, -0.15) is 0 Å². The van der Waals surface area contributed by atoms with Gasteiger partial charge in [0.2, 0.25) is 0 Å². The van der Waals surface area contributed by atoms with Crippen molar-refractivity contribution in [2.75, 3.05) is 40.1 Å². The van der Waals surface area contributed by atoms with Crippen LogP contribution in [0.1, 0.15) is 10.4 Å². The molecule has 0 bridgehead atoms. The highest BCUT2D eigenvalue weighted by molar-refractivity contribution is 6.31. The number of ether oxygens (including phenoxy) is 1. The largest absolute Gasteiger partial charge is 0.496 e. The number of aliphatic hydroxyl groups is 2. The molecule has 0 unspecified atom stereocenters. The van der Waals surface area contributed by atoms with E-state index in [4.69, 9.17) is 26.6 Å². The Morgan fingerprint density at radius 2 is 2.00 bits per heavy atom. The molecule has 0 saturated carbocycles. The van der Waals surface area contributed by atoms with Crippen molar-refractivity contribution in [2.45, 2.75) is 0 Å². The number of amides is 1. The molecule has 0 spiro atoms. The van der Waals surface area contributed by atoms with E-state index in [-0.39, 0.29) is 25.8 Å². The van der Waals surface area contributed by atoms with Crippen LogP contribution in [0.15, 0.2) is 18.2 Å². The maximum atomic E-state index is 12.1. The molecule has 3 N–H and O–H groups in total. The summed E-state index contributed by atoms with van der Waals surface area (Å²) in [5, 5.41) is 20.9. The Bertz CT molecular complexity index is 436. The molecule has 0 atom stereocenters. The van der Waals surface area contributed by atoms with Gasteiger partial charge in [-0.3, -0.25) is 9.69 Å². The summed E-state index contributed by atoms with van der Waals surface area (Å²) >= 11 is 5.87. The predicted octanol–water partition coefficient (Wildman–Crippen LogP) is 0.322. The van der Waals surface area contributed by atoms with Crippen LogP contribution in [0.4, 0.5) is 0 Å². The van der Waals surface area contributed by atoms with Gasteiger partial charge in [-0.1, -0.05) is 11.6 Å². The van der Waals surface area contributed by atoms with Crippen molar-refractivity contribution >= 4 is 17.5 Å². The Balaban J connectivity index is 2.68. The van der Waals surface area contributed by atoms with E-state index in [0.717, 1.165) is 0 Å². The Morgan fingerprint density at radius 1 is 1.35 bits per heavy atom. The van der Waals surface area contributed by atoms with E-state index >= 15 is 0 Å². The van der Waals surface area contributed by atoms with E-state index in [1.165, 1.54) is 13.2 Å². The number of carbonyl (C=O) groups excluding carboxylic acids is 1. The summed E-state index contributed by atoms with van der Waals surface area (Å²) in [6, 6.07) is 4.79. The molecule has 1 aromatic rings.